The largest absolute Gasteiger partial charge is 0.494 e. The van der Waals surface area contributed by atoms with Crippen LogP contribution >= 0.6 is 0 Å². The van der Waals surface area contributed by atoms with Crippen molar-refractivity contribution in [1.29, 1.82) is 0 Å². The zero-order chi connectivity index (χ0) is 18.2. The van der Waals surface area contributed by atoms with Gasteiger partial charge in [0.05, 0.1) is 25.8 Å². The molecular weight excluding hydrogens is 328 g/mol. The third-order valence-corrected chi connectivity index (χ3v) is 4.85. The van der Waals surface area contributed by atoms with Gasteiger partial charge in [-0.2, -0.15) is 0 Å². The second-order valence-corrected chi connectivity index (χ2v) is 6.86. The molecule has 0 aliphatic carbocycles. The Kier molecular flexibility index (Phi) is 6.72. The van der Waals surface area contributed by atoms with Gasteiger partial charge in [0.1, 0.15) is 11.5 Å². The Morgan fingerprint density at radius 2 is 2.00 bits per heavy atom. The monoisotopic (exact) mass is 356 g/mol. The molecule has 1 aliphatic rings. The van der Waals surface area contributed by atoms with Crippen LogP contribution < -0.4 is 10.1 Å². The van der Waals surface area contributed by atoms with E-state index in [1.807, 2.05) is 43.3 Å². The molecule has 1 aliphatic heterocycles. The zero-order valence-corrected chi connectivity index (χ0v) is 15.4. The quantitative estimate of drug-likeness (QED) is 0.789. The summed E-state index contributed by atoms with van der Waals surface area (Å²) in [5.41, 5.74) is 1.01. The van der Waals surface area contributed by atoms with E-state index in [0.29, 0.717) is 18.9 Å². The molecule has 5 heteroatoms. The number of nitrogens with zero attached hydrogens (tertiary/aromatic N) is 1. The average molecular weight is 356 g/mol. The highest BCUT2D eigenvalue weighted by Crippen LogP contribution is 2.19. The Labute approximate surface area is 155 Å². The van der Waals surface area contributed by atoms with E-state index in [0.717, 1.165) is 56.1 Å². The number of likely N-dealkylation sites (tertiary alicyclic amines) is 1. The molecule has 1 fully saturated rings. The maximum Gasteiger partial charge on any atom is 0.224 e. The first kappa shape index (κ1) is 18.5. The Morgan fingerprint density at radius 1 is 1.23 bits per heavy atom. The van der Waals surface area contributed by atoms with Crippen LogP contribution in [0.3, 0.4) is 0 Å². The van der Waals surface area contributed by atoms with Crippen LogP contribution in [0.5, 0.6) is 5.75 Å². The third kappa shape index (κ3) is 5.63. The van der Waals surface area contributed by atoms with Crippen molar-refractivity contribution in [3.63, 3.8) is 0 Å². The molecule has 1 aromatic carbocycles. The molecule has 1 saturated heterocycles. The van der Waals surface area contributed by atoms with E-state index < -0.39 is 0 Å². The first-order valence-corrected chi connectivity index (χ1v) is 9.46. The minimum absolute atomic E-state index is 0.0900. The first-order chi connectivity index (χ1) is 12.7. The Bertz CT molecular complexity index is 659. The summed E-state index contributed by atoms with van der Waals surface area (Å²) in [6.45, 7) is 6.37. The predicted molar refractivity (Wildman–Crippen MR) is 101 cm³/mol. The van der Waals surface area contributed by atoms with E-state index in [-0.39, 0.29) is 5.91 Å². The van der Waals surface area contributed by atoms with Crippen molar-refractivity contribution in [3.05, 3.63) is 54.0 Å². The molecule has 1 N–H and O–H groups in total. The lowest BCUT2D eigenvalue weighted by molar-refractivity contribution is -0.120. The van der Waals surface area contributed by atoms with Gasteiger partial charge in [-0.05, 0) is 68.6 Å². The van der Waals surface area contributed by atoms with Gasteiger partial charge < -0.3 is 14.5 Å². The molecule has 140 valence electrons. The van der Waals surface area contributed by atoms with Crippen molar-refractivity contribution < 1.29 is 13.9 Å². The number of hydrogen-bond donors (Lipinski definition) is 1. The summed E-state index contributed by atoms with van der Waals surface area (Å²) in [5.74, 6) is 2.52. The molecule has 3 rings (SSSR count). The zero-order valence-electron chi connectivity index (χ0n) is 15.4. The first-order valence-electron chi connectivity index (χ1n) is 9.46. The summed E-state index contributed by atoms with van der Waals surface area (Å²) in [7, 11) is 0. The summed E-state index contributed by atoms with van der Waals surface area (Å²) in [6.07, 6.45) is 4.37. The van der Waals surface area contributed by atoms with Gasteiger partial charge in [0, 0.05) is 6.54 Å². The molecular formula is C21H28N2O3. The normalized spacial score (nSPS) is 15.7. The van der Waals surface area contributed by atoms with E-state index in [4.69, 9.17) is 9.15 Å². The highest BCUT2D eigenvalue weighted by Gasteiger charge is 2.20. The van der Waals surface area contributed by atoms with Crippen molar-refractivity contribution in [3.8, 4) is 5.75 Å². The van der Waals surface area contributed by atoms with Gasteiger partial charge in [-0.15, -0.1) is 0 Å². The maximum atomic E-state index is 12.2. The van der Waals surface area contributed by atoms with E-state index in [1.54, 1.807) is 6.26 Å². The van der Waals surface area contributed by atoms with Crippen LogP contribution in [-0.2, 0) is 17.8 Å². The van der Waals surface area contributed by atoms with Gasteiger partial charge in [0.2, 0.25) is 5.91 Å². The van der Waals surface area contributed by atoms with Crippen LogP contribution in [0.25, 0.3) is 0 Å². The number of ether oxygens (including phenoxy) is 1. The average Bonchev–Trinajstić information content (AvgIpc) is 3.16. The summed E-state index contributed by atoms with van der Waals surface area (Å²) >= 11 is 0. The third-order valence-electron chi connectivity index (χ3n) is 4.85. The van der Waals surface area contributed by atoms with Gasteiger partial charge in [0.25, 0.3) is 0 Å². The predicted octanol–water partition coefficient (Wildman–Crippen LogP) is 3.25. The molecule has 5 nitrogen and oxygen atoms in total. The van der Waals surface area contributed by atoms with Crippen molar-refractivity contribution in [2.24, 2.45) is 5.92 Å². The number of carbonyl (C=O) groups excluding carboxylic acids is 1. The minimum Gasteiger partial charge on any atom is -0.494 e. The fraction of sp³-hybridized carbons (Fsp3) is 0.476. The molecule has 0 atom stereocenters. The topological polar surface area (TPSA) is 54.7 Å². The van der Waals surface area contributed by atoms with Gasteiger partial charge in [-0.25, -0.2) is 0 Å². The second-order valence-electron chi connectivity index (χ2n) is 6.86. The van der Waals surface area contributed by atoms with Crippen LogP contribution in [-0.4, -0.2) is 37.0 Å². The van der Waals surface area contributed by atoms with Crippen molar-refractivity contribution in [2.75, 3.05) is 26.2 Å². The fourth-order valence-electron chi connectivity index (χ4n) is 3.35. The highest BCUT2D eigenvalue weighted by atomic mass is 16.5. The fourth-order valence-corrected chi connectivity index (χ4v) is 3.35. The highest BCUT2D eigenvalue weighted by molar-refractivity contribution is 5.78. The molecule has 26 heavy (non-hydrogen) atoms. The summed E-state index contributed by atoms with van der Waals surface area (Å²) in [5, 5.41) is 3.09. The summed E-state index contributed by atoms with van der Waals surface area (Å²) in [6, 6.07) is 11.7. The van der Waals surface area contributed by atoms with Gasteiger partial charge >= 0.3 is 0 Å². The van der Waals surface area contributed by atoms with Crippen LogP contribution in [0.2, 0.25) is 0 Å². The lowest BCUT2D eigenvalue weighted by Crippen LogP contribution is -2.38. The SMILES string of the molecule is CCOc1ccc(CC(=O)NCC2CCN(Cc3ccco3)CC2)cc1. The standard InChI is InChI=1S/C21H28N2O3/c1-2-25-19-7-5-17(6-8-19)14-21(24)22-15-18-9-11-23(12-10-18)16-20-4-3-13-26-20/h3-8,13,18H,2,9-12,14-16H2,1H3,(H,22,24). The van der Waals surface area contributed by atoms with Crippen LogP contribution in [0.4, 0.5) is 0 Å². The van der Waals surface area contributed by atoms with Crippen molar-refractivity contribution in [1.82, 2.24) is 10.2 Å². The van der Waals surface area contributed by atoms with E-state index >= 15 is 0 Å². The molecule has 0 spiro atoms. The number of rotatable bonds is 8. The Balaban J connectivity index is 1.34. The van der Waals surface area contributed by atoms with E-state index in [2.05, 4.69) is 10.2 Å². The van der Waals surface area contributed by atoms with Gasteiger partial charge in [-0.1, -0.05) is 12.1 Å². The number of piperidine rings is 1. The summed E-state index contributed by atoms with van der Waals surface area (Å²) in [4.78, 5) is 14.6. The molecule has 0 saturated carbocycles. The number of benzene rings is 1. The number of hydrogen-bond acceptors (Lipinski definition) is 4. The number of nitrogens with one attached hydrogen (secondary N) is 1. The molecule has 2 heterocycles. The van der Waals surface area contributed by atoms with Gasteiger partial charge in [0.15, 0.2) is 0 Å². The van der Waals surface area contributed by atoms with E-state index in [1.165, 1.54) is 0 Å². The van der Waals surface area contributed by atoms with Crippen LogP contribution in [0, 0.1) is 5.92 Å². The van der Waals surface area contributed by atoms with E-state index in [9.17, 15) is 4.79 Å². The molecule has 0 radical (unpaired) electrons. The second kappa shape index (κ2) is 9.43. The van der Waals surface area contributed by atoms with Crippen LogP contribution in [0.1, 0.15) is 31.1 Å². The lowest BCUT2D eigenvalue weighted by atomic mass is 9.96. The smallest absolute Gasteiger partial charge is 0.224 e. The Morgan fingerprint density at radius 3 is 2.65 bits per heavy atom. The lowest BCUT2D eigenvalue weighted by Gasteiger charge is -2.31. The number of furan rings is 1. The Hall–Kier alpha value is -2.27. The van der Waals surface area contributed by atoms with Crippen molar-refractivity contribution >= 4 is 5.91 Å². The van der Waals surface area contributed by atoms with Crippen molar-refractivity contribution in [2.45, 2.75) is 32.7 Å². The van der Waals surface area contributed by atoms with Crippen LogP contribution in [0.15, 0.2) is 47.1 Å². The number of carbonyl (C=O) groups is 1. The molecule has 1 aromatic heterocycles. The molecule has 0 unspecified atom stereocenters. The number of amides is 1. The minimum atomic E-state index is 0.0900. The summed E-state index contributed by atoms with van der Waals surface area (Å²) < 4.78 is 10.8. The molecule has 1 amide bonds. The van der Waals surface area contributed by atoms with Gasteiger partial charge in [-0.3, -0.25) is 9.69 Å². The molecule has 2 aromatic rings. The molecule has 0 bridgehead atoms. The maximum absolute atomic E-state index is 12.2.